The molecule has 9 heavy (non-hydrogen) atoms. The van der Waals surface area contributed by atoms with Gasteiger partial charge in [-0.2, -0.15) is 8.42 Å². The molecular weight excluding hydrogens is 152 g/mol. The quantitative estimate of drug-likeness (QED) is 0.451. The Kier molecular flexibility index (Phi) is 3.14. The molecule has 0 spiro atoms. The molecule has 0 aliphatic heterocycles. The second-order valence-electron chi connectivity index (χ2n) is 3.19. The highest BCUT2D eigenvalue weighted by Crippen LogP contribution is 2.03. The van der Waals surface area contributed by atoms with Crippen molar-refractivity contribution in [3.05, 3.63) is 0 Å². The Bertz CT molecular complexity index is 189. The van der Waals surface area contributed by atoms with Crippen molar-refractivity contribution in [2.24, 2.45) is 0 Å². The van der Waals surface area contributed by atoms with E-state index in [2.05, 4.69) is 19.6 Å². The summed E-state index contributed by atoms with van der Waals surface area (Å²) in [6.07, 6.45) is 0. The first-order chi connectivity index (χ1) is 3.92. The highest BCUT2D eigenvalue weighted by Gasteiger charge is 2.09. The van der Waals surface area contributed by atoms with Crippen molar-refractivity contribution in [2.75, 3.05) is 0 Å². The molecule has 0 amide bonds. The molecule has 0 atom stereocenters. The summed E-state index contributed by atoms with van der Waals surface area (Å²) >= 11 is 0. The van der Waals surface area contributed by atoms with Crippen molar-refractivity contribution >= 4 is 23.7 Å². The summed E-state index contributed by atoms with van der Waals surface area (Å²) in [6.45, 7) is 6.41. The summed E-state index contributed by atoms with van der Waals surface area (Å²) in [5.74, 6) is 0. The minimum atomic E-state index is -1.95. The average molecular weight is 164 g/mol. The molecule has 0 radical (unpaired) electrons. The third kappa shape index (κ3) is 7.91. The zero-order valence-electron chi connectivity index (χ0n) is 6.01. The molecule has 0 saturated carbocycles. The van der Waals surface area contributed by atoms with Gasteiger partial charge in [0.25, 0.3) is 0 Å². The Balaban J connectivity index is 3.93. The van der Waals surface area contributed by atoms with Crippen LogP contribution in [0.2, 0.25) is 25.7 Å². The lowest BCUT2D eigenvalue weighted by atomic mass is 11.0. The third-order valence-corrected chi connectivity index (χ3v) is 3.00. The lowest BCUT2D eigenvalue weighted by Gasteiger charge is -2.09. The van der Waals surface area contributed by atoms with Crippen LogP contribution < -0.4 is 0 Å². The zero-order valence-corrected chi connectivity index (χ0v) is 7.83. The van der Waals surface area contributed by atoms with Crippen LogP contribution in [0.15, 0.2) is 0 Å². The normalized spacial score (nSPS) is 11.0. The fraction of sp³-hybridized carbons (Fsp3) is 0.800. The standard InChI is InChI=1S/C5H12O2SSi/c1-9(2,3)5-4-8(6)7/h4H,5H2,1-3H3. The lowest BCUT2D eigenvalue weighted by Crippen LogP contribution is -2.19. The highest BCUT2D eigenvalue weighted by atomic mass is 32.2. The molecule has 0 N–H and O–H groups in total. The van der Waals surface area contributed by atoms with Gasteiger partial charge in [-0.3, -0.25) is 0 Å². The van der Waals surface area contributed by atoms with Crippen LogP contribution in [0.3, 0.4) is 0 Å². The predicted octanol–water partition coefficient (Wildman–Crippen LogP) is 1.01. The molecule has 54 valence electrons. The SMILES string of the molecule is C[Si](C)(C)CC=S(=O)=O. The van der Waals surface area contributed by atoms with E-state index in [1.807, 2.05) is 0 Å². The summed E-state index contributed by atoms with van der Waals surface area (Å²) in [5.41, 5.74) is 0. The molecule has 0 aromatic carbocycles. The van der Waals surface area contributed by atoms with Gasteiger partial charge >= 0.3 is 0 Å². The van der Waals surface area contributed by atoms with Crippen LogP contribution >= 0.6 is 0 Å². The average Bonchev–Trinajstić information content (AvgIpc) is 1.59. The van der Waals surface area contributed by atoms with Gasteiger partial charge in [0.15, 0.2) is 0 Å². The molecule has 0 aromatic rings. The molecule has 0 aromatic heterocycles. The second kappa shape index (κ2) is 3.17. The van der Waals surface area contributed by atoms with E-state index in [0.717, 1.165) is 6.04 Å². The molecule has 0 rings (SSSR count). The molecule has 0 aliphatic rings. The molecule has 4 heteroatoms. The summed E-state index contributed by atoms with van der Waals surface area (Å²) in [7, 11) is -3.12. The maximum absolute atomic E-state index is 10.0. The van der Waals surface area contributed by atoms with E-state index in [-0.39, 0.29) is 0 Å². The molecule has 2 nitrogen and oxygen atoms in total. The van der Waals surface area contributed by atoms with Crippen LogP contribution in [-0.2, 0) is 10.3 Å². The largest absolute Gasteiger partial charge is 0.209 e. The van der Waals surface area contributed by atoms with Crippen LogP contribution in [0.5, 0.6) is 0 Å². The van der Waals surface area contributed by atoms with Crippen molar-refractivity contribution in [2.45, 2.75) is 25.7 Å². The smallest absolute Gasteiger partial charge is 0.185 e. The number of hydrogen-bond acceptors (Lipinski definition) is 2. The molecule has 0 aliphatic carbocycles. The summed E-state index contributed by atoms with van der Waals surface area (Å²) < 4.78 is 20.0. The van der Waals surface area contributed by atoms with Crippen molar-refractivity contribution < 1.29 is 8.42 Å². The Hall–Kier alpha value is -0.0931. The van der Waals surface area contributed by atoms with E-state index in [0.29, 0.717) is 0 Å². The highest BCUT2D eigenvalue weighted by molar-refractivity contribution is 7.71. The first-order valence-electron chi connectivity index (χ1n) is 2.83. The maximum Gasteiger partial charge on any atom is 0.209 e. The van der Waals surface area contributed by atoms with Crippen LogP contribution in [0.4, 0.5) is 0 Å². The zero-order chi connectivity index (χ0) is 7.49. The second-order valence-corrected chi connectivity index (χ2v) is 9.58. The Labute approximate surface area is 58.4 Å². The van der Waals surface area contributed by atoms with Crippen molar-refractivity contribution in [1.29, 1.82) is 0 Å². The van der Waals surface area contributed by atoms with Gasteiger partial charge in [0.05, 0.1) is 0 Å². The molecule has 0 bridgehead atoms. The molecule has 0 saturated heterocycles. The Morgan fingerprint density at radius 1 is 1.33 bits per heavy atom. The predicted molar refractivity (Wildman–Crippen MR) is 43.1 cm³/mol. The fourth-order valence-electron chi connectivity index (χ4n) is 0.318. The van der Waals surface area contributed by atoms with Crippen LogP contribution in [0.25, 0.3) is 0 Å². The van der Waals surface area contributed by atoms with Gasteiger partial charge in [0.1, 0.15) is 0 Å². The van der Waals surface area contributed by atoms with E-state index < -0.39 is 18.4 Å². The van der Waals surface area contributed by atoms with Gasteiger partial charge in [0.2, 0.25) is 10.3 Å². The summed E-state index contributed by atoms with van der Waals surface area (Å²) in [4.78, 5) is 0. The van der Waals surface area contributed by atoms with Gasteiger partial charge < -0.3 is 0 Å². The number of rotatable bonds is 2. The van der Waals surface area contributed by atoms with Crippen LogP contribution in [-0.4, -0.2) is 21.9 Å². The summed E-state index contributed by atoms with van der Waals surface area (Å²) in [5, 5.41) is 1.35. The van der Waals surface area contributed by atoms with Gasteiger partial charge in [-0.15, -0.1) is 0 Å². The van der Waals surface area contributed by atoms with Gasteiger partial charge in [-0.05, 0) is 6.04 Å². The Morgan fingerprint density at radius 2 is 1.78 bits per heavy atom. The van der Waals surface area contributed by atoms with Gasteiger partial charge in [-0.25, -0.2) is 0 Å². The van der Waals surface area contributed by atoms with Gasteiger partial charge in [0, 0.05) is 13.4 Å². The van der Waals surface area contributed by atoms with E-state index >= 15 is 0 Å². The Morgan fingerprint density at radius 3 is 1.89 bits per heavy atom. The monoisotopic (exact) mass is 164 g/mol. The van der Waals surface area contributed by atoms with Crippen LogP contribution in [0.1, 0.15) is 0 Å². The van der Waals surface area contributed by atoms with E-state index in [4.69, 9.17) is 0 Å². The fourth-order valence-corrected chi connectivity index (χ4v) is 2.86. The van der Waals surface area contributed by atoms with E-state index in [9.17, 15) is 8.42 Å². The van der Waals surface area contributed by atoms with Crippen LogP contribution in [0, 0.1) is 0 Å². The van der Waals surface area contributed by atoms with Crippen molar-refractivity contribution in [3.8, 4) is 0 Å². The summed E-state index contributed by atoms with van der Waals surface area (Å²) in [6, 6.07) is 0.753. The minimum absolute atomic E-state index is 0.753. The van der Waals surface area contributed by atoms with Gasteiger partial charge in [-0.1, -0.05) is 19.6 Å². The third-order valence-electron chi connectivity index (χ3n) is 0.832. The maximum atomic E-state index is 10.0. The van der Waals surface area contributed by atoms with E-state index in [1.165, 1.54) is 5.37 Å². The molecule has 0 heterocycles. The molecule has 0 unspecified atom stereocenters. The van der Waals surface area contributed by atoms with Crippen molar-refractivity contribution in [3.63, 3.8) is 0 Å². The number of hydrogen-bond donors (Lipinski definition) is 0. The minimum Gasteiger partial charge on any atom is -0.185 e. The lowest BCUT2D eigenvalue weighted by molar-refractivity contribution is 0.627. The molecule has 0 fully saturated rings. The van der Waals surface area contributed by atoms with Crippen molar-refractivity contribution in [1.82, 2.24) is 0 Å². The first kappa shape index (κ1) is 8.91. The first-order valence-corrected chi connectivity index (χ1v) is 7.68. The molecular formula is C5H12O2SSi. The topological polar surface area (TPSA) is 34.1 Å². The van der Waals surface area contributed by atoms with E-state index in [1.54, 1.807) is 0 Å².